The predicted octanol–water partition coefficient (Wildman–Crippen LogP) is 0.180. The van der Waals surface area contributed by atoms with Crippen molar-refractivity contribution < 1.29 is 4.79 Å². The summed E-state index contributed by atoms with van der Waals surface area (Å²) in [7, 11) is 0. The van der Waals surface area contributed by atoms with Gasteiger partial charge in [0, 0.05) is 0 Å². The quantitative estimate of drug-likeness (QED) is 0.484. The lowest BCUT2D eigenvalue weighted by Crippen LogP contribution is -2.22. The van der Waals surface area contributed by atoms with Crippen LogP contribution in [0.5, 0.6) is 0 Å². The fourth-order valence-corrected chi connectivity index (χ4v) is 1.17. The Morgan fingerprint density at radius 3 is 2.60 bits per heavy atom. The summed E-state index contributed by atoms with van der Waals surface area (Å²) in [6.45, 7) is 1.44. The zero-order chi connectivity index (χ0) is 11.4. The number of guanidine groups is 1. The van der Waals surface area contributed by atoms with Crippen molar-refractivity contribution in [3.8, 4) is 0 Å². The van der Waals surface area contributed by atoms with Crippen LogP contribution < -0.4 is 17.2 Å². The zero-order valence-corrected chi connectivity index (χ0v) is 8.47. The maximum atomic E-state index is 11.1. The molecule has 0 heterocycles. The SMILES string of the molecule is CC(=O)C(N)c1cccc(N=C(N)N)c1. The van der Waals surface area contributed by atoms with Crippen molar-refractivity contribution in [1.29, 1.82) is 0 Å². The molecule has 0 bridgehead atoms. The molecule has 0 amide bonds. The molecule has 0 aliphatic carbocycles. The van der Waals surface area contributed by atoms with E-state index in [1.165, 1.54) is 6.92 Å². The molecule has 5 nitrogen and oxygen atoms in total. The molecule has 0 radical (unpaired) electrons. The van der Waals surface area contributed by atoms with Crippen LogP contribution in [0.3, 0.4) is 0 Å². The molecule has 0 fully saturated rings. The summed E-state index contributed by atoms with van der Waals surface area (Å²) in [6.07, 6.45) is 0. The number of benzene rings is 1. The second-order valence-electron chi connectivity index (χ2n) is 3.22. The van der Waals surface area contributed by atoms with Crippen LogP contribution in [-0.4, -0.2) is 11.7 Å². The van der Waals surface area contributed by atoms with E-state index in [2.05, 4.69) is 4.99 Å². The first-order valence-electron chi connectivity index (χ1n) is 4.46. The van der Waals surface area contributed by atoms with Gasteiger partial charge >= 0.3 is 0 Å². The minimum atomic E-state index is -0.626. The highest BCUT2D eigenvalue weighted by Gasteiger charge is 2.10. The third-order valence-corrected chi connectivity index (χ3v) is 1.93. The Hall–Kier alpha value is -1.88. The molecule has 80 valence electrons. The lowest BCUT2D eigenvalue weighted by atomic mass is 10.0. The number of aliphatic imine (C=N–C) groups is 1. The van der Waals surface area contributed by atoms with Gasteiger partial charge in [0.1, 0.15) is 0 Å². The van der Waals surface area contributed by atoms with E-state index in [4.69, 9.17) is 17.2 Å². The van der Waals surface area contributed by atoms with Gasteiger partial charge in [-0.25, -0.2) is 4.99 Å². The molecular weight excluding hydrogens is 192 g/mol. The average Bonchev–Trinajstić information content (AvgIpc) is 2.16. The largest absolute Gasteiger partial charge is 0.370 e. The first-order valence-corrected chi connectivity index (χ1v) is 4.46. The normalized spacial score (nSPS) is 11.9. The molecule has 0 saturated heterocycles. The molecule has 1 unspecified atom stereocenters. The predicted molar refractivity (Wildman–Crippen MR) is 59.5 cm³/mol. The van der Waals surface area contributed by atoms with Crippen LogP contribution in [0.2, 0.25) is 0 Å². The van der Waals surface area contributed by atoms with Gasteiger partial charge in [0.25, 0.3) is 0 Å². The highest BCUT2D eigenvalue weighted by atomic mass is 16.1. The number of ketones is 1. The van der Waals surface area contributed by atoms with Gasteiger partial charge in [-0.05, 0) is 24.6 Å². The van der Waals surface area contributed by atoms with Gasteiger partial charge in [-0.1, -0.05) is 12.1 Å². The van der Waals surface area contributed by atoms with Crippen molar-refractivity contribution in [3.63, 3.8) is 0 Å². The van der Waals surface area contributed by atoms with Gasteiger partial charge in [-0.2, -0.15) is 0 Å². The lowest BCUT2D eigenvalue weighted by molar-refractivity contribution is -0.118. The van der Waals surface area contributed by atoms with E-state index in [-0.39, 0.29) is 11.7 Å². The van der Waals surface area contributed by atoms with Gasteiger partial charge in [0.05, 0.1) is 11.7 Å². The van der Waals surface area contributed by atoms with Crippen molar-refractivity contribution >= 4 is 17.4 Å². The van der Waals surface area contributed by atoms with Crippen molar-refractivity contribution in [2.75, 3.05) is 0 Å². The molecule has 5 heteroatoms. The Morgan fingerprint density at radius 1 is 1.40 bits per heavy atom. The van der Waals surface area contributed by atoms with Crippen LogP contribution in [0.15, 0.2) is 29.3 Å². The monoisotopic (exact) mass is 206 g/mol. The van der Waals surface area contributed by atoms with Crippen LogP contribution in [0.25, 0.3) is 0 Å². The molecule has 0 aliphatic heterocycles. The number of nitrogens with zero attached hydrogens (tertiary/aromatic N) is 1. The number of Topliss-reactive ketones (excluding diaryl/α,β-unsaturated/α-hetero) is 1. The smallest absolute Gasteiger partial charge is 0.191 e. The summed E-state index contributed by atoms with van der Waals surface area (Å²) < 4.78 is 0. The lowest BCUT2D eigenvalue weighted by Gasteiger charge is -2.08. The van der Waals surface area contributed by atoms with E-state index in [1.54, 1.807) is 24.3 Å². The molecule has 15 heavy (non-hydrogen) atoms. The van der Waals surface area contributed by atoms with Gasteiger partial charge in [0.2, 0.25) is 0 Å². The summed E-state index contributed by atoms with van der Waals surface area (Å²) in [4.78, 5) is 14.9. The van der Waals surface area contributed by atoms with Crippen LogP contribution in [0.4, 0.5) is 5.69 Å². The standard InChI is InChI=1S/C10H14N4O/c1-6(15)9(11)7-3-2-4-8(5-7)14-10(12)13/h2-5,9H,11H2,1H3,(H4,12,13,14). The highest BCUT2D eigenvalue weighted by Crippen LogP contribution is 2.18. The molecule has 1 atom stereocenters. The third kappa shape index (κ3) is 3.07. The van der Waals surface area contributed by atoms with Gasteiger partial charge in [-0.15, -0.1) is 0 Å². The minimum absolute atomic E-state index is 0.0245. The fraction of sp³-hybridized carbons (Fsp3) is 0.200. The van der Waals surface area contributed by atoms with E-state index in [1.807, 2.05) is 0 Å². The first kappa shape index (κ1) is 11.2. The first-order chi connectivity index (χ1) is 7.00. The number of carbonyl (C=O) groups excluding carboxylic acids is 1. The van der Waals surface area contributed by atoms with Crippen molar-refractivity contribution in [3.05, 3.63) is 29.8 Å². The van der Waals surface area contributed by atoms with Gasteiger partial charge in [0.15, 0.2) is 11.7 Å². The molecule has 6 N–H and O–H groups in total. The minimum Gasteiger partial charge on any atom is -0.370 e. The van der Waals surface area contributed by atoms with E-state index >= 15 is 0 Å². The number of rotatable bonds is 3. The second-order valence-corrected chi connectivity index (χ2v) is 3.22. The fourth-order valence-electron chi connectivity index (χ4n) is 1.17. The number of hydrogen-bond donors (Lipinski definition) is 3. The molecular formula is C10H14N4O. The van der Waals surface area contributed by atoms with E-state index in [0.717, 1.165) is 0 Å². The van der Waals surface area contributed by atoms with E-state index in [0.29, 0.717) is 11.3 Å². The highest BCUT2D eigenvalue weighted by molar-refractivity contribution is 5.83. The summed E-state index contributed by atoms with van der Waals surface area (Å²) in [5, 5.41) is 0. The number of nitrogens with two attached hydrogens (primary N) is 3. The molecule has 1 aromatic carbocycles. The van der Waals surface area contributed by atoms with E-state index in [9.17, 15) is 4.79 Å². The Labute approximate surface area is 88.0 Å². The molecule has 1 rings (SSSR count). The Bertz CT molecular complexity index is 396. The molecule has 0 aromatic heterocycles. The van der Waals surface area contributed by atoms with Crippen molar-refractivity contribution in [2.24, 2.45) is 22.2 Å². The summed E-state index contributed by atoms with van der Waals surface area (Å²) >= 11 is 0. The summed E-state index contributed by atoms with van der Waals surface area (Å²) in [5.41, 5.74) is 17.4. The topological polar surface area (TPSA) is 107 Å². The van der Waals surface area contributed by atoms with Crippen LogP contribution >= 0.6 is 0 Å². The maximum Gasteiger partial charge on any atom is 0.191 e. The number of carbonyl (C=O) groups is 1. The van der Waals surface area contributed by atoms with Crippen LogP contribution in [0, 0.1) is 0 Å². The van der Waals surface area contributed by atoms with Crippen LogP contribution in [-0.2, 0) is 4.79 Å². The van der Waals surface area contributed by atoms with Gasteiger partial charge in [-0.3, -0.25) is 4.79 Å². The number of hydrogen-bond acceptors (Lipinski definition) is 3. The van der Waals surface area contributed by atoms with E-state index < -0.39 is 6.04 Å². The van der Waals surface area contributed by atoms with Gasteiger partial charge < -0.3 is 17.2 Å². The Balaban J connectivity index is 3.02. The molecule has 0 spiro atoms. The average molecular weight is 206 g/mol. The zero-order valence-electron chi connectivity index (χ0n) is 8.47. The molecule has 0 aliphatic rings. The van der Waals surface area contributed by atoms with Crippen molar-refractivity contribution in [1.82, 2.24) is 0 Å². The molecule has 0 saturated carbocycles. The van der Waals surface area contributed by atoms with Crippen LogP contribution in [0.1, 0.15) is 18.5 Å². The maximum absolute atomic E-state index is 11.1. The third-order valence-electron chi connectivity index (χ3n) is 1.93. The Kier molecular flexibility index (Phi) is 3.41. The summed E-state index contributed by atoms with van der Waals surface area (Å²) in [6, 6.07) is 6.30. The summed E-state index contributed by atoms with van der Waals surface area (Å²) in [5.74, 6) is -0.125. The second kappa shape index (κ2) is 4.56. The van der Waals surface area contributed by atoms with Crippen molar-refractivity contribution in [2.45, 2.75) is 13.0 Å². The molecule has 1 aromatic rings. The Morgan fingerprint density at radius 2 is 2.07 bits per heavy atom.